The van der Waals surface area contributed by atoms with Crippen LogP contribution in [0.3, 0.4) is 0 Å². The van der Waals surface area contributed by atoms with Gasteiger partial charge in [0.05, 0.1) is 19.4 Å². The summed E-state index contributed by atoms with van der Waals surface area (Å²) in [4.78, 5) is 0. The number of rotatable bonds is 6. The molecule has 96 valence electrons. The first-order valence-electron chi connectivity index (χ1n) is 5.86. The Morgan fingerprint density at radius 3 is 2.65 bits per heavy atom. The molecule has 4 N–H and O–H groups in total. The predicted octanol–water partition coefficient (Wildman–Crippen LogP) is 1.55. The molecule has 1 aromatic carbocycles. The molecule has 0 saturated carbocycles. The average molecular weight is 238 g/mol. The molecule has 4 heteroatoms. The summed E-state index contributed by atoms with van der Waals surface area (Å²) in [5, 5.41) is 12.0. The molecule has 0 aliphatic heterocycles. The summed E-state index contributed by atoms with van der Waals surface area (Å²) in [5.74, 6) is 1.28. The van der Waals surface area contributed by atoms with E-state index in [-0.39, 0.29) is 12.6 Å². The molecule has 0 amide bonds. The molecule has 0 radical (unpaired) electrons. The maximum atomic E-state index is 8.86. The minimum atomic E-state index is -0.260. The van der Waals surface area contributed by atoms with Crippen molar-refractivity contribution in [2.24, 2.45) is 5.73 Å². The molecule has 0 heterocycles. The molecule has 1 unspecified atom stereocenters. The van der Waals surface area contributed by atoms with Crippen LogP contribution in [0.2, 0.25) is 0 Å². The van der Waals surface area contributed by atoms with Crippen LogP contribution in [-0.2, 0) is 0 Å². The van der Waals surface area contributed by atoms with Crippen molar-refractivity contribution in [2.75, 3.05) is 25.6 Å². The quantitative estimate of drug-likeness (QED) is 0.703. The van der Waals surface area contributed by atoms with Gasteiger partial charge in [0.2, 0.25) is 0 Å². The highest BCUT2D eigenvalue weighted by molar-refractivity contribution is 5.58. The highest BCUT2D eigenvalue weighted by Gasteiger charge is 2.07. The second kappa shape index (κ2) is 6.47. The van der Waals surface area contributed by atoms with Crippen molar-refractivity contribution in [3.63, 3.8) is 0 Å². The highest BCUT2D eigenvalue weighted by atomic mass is 16.5. The highest BCUT2D eigenvalue weighted by Crippen LogP contribution is 2.28. The van der Waals surface area contributed by atoms with Gasteiger partial charge in [-0.1, -0.05) is 19.9 Å². The Labute approximate surface area is 103 Å². The molecular formula is C13H22N2O2. The zero-order valence-corrected chi connectivity index (χ0v) is 10.7. The van der Waals surface area contributed by atoms with Gasteiger partial charge in [0.15, 0.2) is 0 Å². The minimum absolute atomic E-state index is 0.0284. The van der Waals surface area contributed by atoms with Gasteiger partial charge in [0.25, 0.3) is 0 Å². The van der Waals surface area contributed by atoms with Crippen LogP contribution in [0.25, 0.3) is 0 Å². The van der Waals surface area contributed by atoms with Crippen LogP contribution >= 0.6 is 0 Å². The van der Waals surface area contributed by atoms with Gasteiger partial charge >= 0.3 is 0 Å². The van der Waals surface area contributed by atoms with E-state index in [2.05, 4.69) is 25.2 Å². The molecule has 1 atom stereocenters. The lowest BCUT2D eigenvalue weighted by atomic mass is 10.0. The van der Waals surface area contributed by atoms with E-state index in [9.17, 15) is 0 Å². The monoisotopic (exact) mass is 238 g/mol. The lowest BCUT2D eigenvalue weighted by Crippen LogP contribution is -2.32. The average Bonchev–Trinajstić information content (AvgIpc) is 2.35. The zero-order chi connectivity index (χ0) is 12.8. The molecule has 0 spiro atoms. The third-order valence-corrected chi connectivity index (χ3v) is 2.68. The summed E-state index contributed by atoms with van der Waals surface area (Å²) in [7, 11) is 1.65. The van der Waals surface area contributed by atoms with E-state index in [1.807, 2.05) is 12.1 Å². The molecule has 0 saturated heterocycles. The number of hydrogen-bond donors (Lipinski definition) is 3. The summed E-state index contributed by atoms with van der Waals surface area (Å²) in [6.45, 7) is 4.78. The van der Waals surface area contributed by atoms with Crippen molar-refractivity contribution >= 4 is 5.69 Å². The second-order valence-corrected chi connectivity index (χ2v) is 4.44. The Bertz CT molecular complexity index is 353. The number of benzene rings is 1. The van der Waals surface area contributed by atoms with Crippen LogP contribution in [0.5, 0.6) is 5.75 Å². The number of hydrogen-bond acceptors (Lipinski definition) is 4. The topological polar surface area (TPSA) is 67.5 Å². The predicted molar refractivity (Wildman–Crippen MR) is 70.6 cm³/mol. The van der Waals surface area contributed by atoms with Crippen molar-refractivity contribution in [1.29, 1.82) is 0 Å². The number of anilines is 1. The van der Waals surface area contributed by atoms with E-state index in [1.54, 1.807) is 7.11 Å². The van der Waals surface area contributed by atoms with E-state index in [4.69, 9.17) is 15.6 Å². The fourth-order valence-electron chi connectivity index (χ4n) is 1.52. The Morgan fingerprint density at radius 2 is 2.12 bits per heavy atom. The van der Waals surface area contributed by atoms with E-state index >= 15 is 0 Å². The zero-order valence-electron chi connectivity index (χ0n) is 10.7. The number of aliphatic hydroxyl groups is 1. The van der Waals surface area contributed by atoms with Gasteiger partial charge in [0, 0.05) is 12.6 Å². The van der Waals surface area contributed by atoms with Crippen LogP contribution in [-0.4, -0.2) is 31.4 Å². The Hall–Kier alpha value is -1.26. The van der Waals surface area contributed by atoms with Gasteiger partial charge in [-0.15, -0.1) is 0 Å². The minimum Gasteiger partial charge on any atom is -0.495 e. The SMILES string of the molecule is COc1cc(C(C)C)ccc1NCC(N)CO. The maximum Gasteiger partial charge on any atom is 0.142 e. The Balaban J connectivity index is 2.78. The number of ether oxygens (including phenoxy) is 1. The van der Waals surface area contributed by atoms with Gasteiger partial charge in [0.1, 0.15) is 5.75 Å². The molecule has 0 bridgehead atoms. The molecular weight excluding hydrogens is 216 g/mol. The van der Waals surface area contributed by atoms with Crippen LogP contribution in [0, 0.1) is 0 Å². The Morgan fingerprint density at radius 1 is 1.41 bits per heavy atom. The van der Waals surface area contributed by atoms with Crippen molar-refractivity contribution in [2.45, 2.75) is 25.8 Å². The lowest BCUT2D eigenvalue weighted by molar-refractivity contribution is 0.270. The molecule has 0 fully saturated rings. The molecule has 1 aromatic rings. The molecule has 0 aliphatic rings. The summed E-state index contributed by atoms with van der Waals surface area (Å²) >= 11 is 0. The molecule has 4 nitrogen and oxygen atoms in total. The first-order valence-corrected chi connectivity index (χ1v) is 5.86. The van der Waals surface area contributed by atoms with Gasteiger partial charge < -0.3 is 20.9 Å². The number of aliphatic hydroxyl groups excluding tert-OH is 1. The smallest absolute Gasteiger partial charge is 0.142 e. The summed E-state index contributed by atoms with van der Waals surface area (Å²) in [6, 6.07) is 5.82. The fourth-order valence-corrected chi connectivity index (χ4v) is 1.52. The number of nitrogens with two attached hydrogens (primary N) is 1. The van der Waals surface area contributed by atoms with Crippen LogP contribution < -0.4 is 15.8 Å². The normalized spacial score (nSPS) is 12.6. The van der Waals surface area contributed by atoms with Crippen molar-refractivity contribution in [3.8, 4) is 5.75 Å². The first kappa shape index (κ1) is 13.8. The van der Waals surface area contributed by atoms with Gasteiger partial charge in [-0.2, -0.15) is 0 Å². The Kier molecular flexibility index (Phi) is 5.25. The van der Waals surface area contributed by atoms with Gasteiger partial charge in [-0.3, -0.25) is 0 Å². The molecule has 0 aromatic heterocycles. The summed E-state index contributed by atoms with van der Waals surface area (Å²) in [5.41, 5.74) is 7.78. The third kappa shape index (κ3) is 3.91. The van der Waals surface area contributed by atoms with E-state index < -0.39 is 0 Å². The molecule has 0 aliphatic carbocycles. The van der Waals surface area contributed by atoms with Crippen LogP contribution in [0.1, 0.15) is 25.3 Å². The van der Waals surface area contributed by atoms with E-state index in [0.717, 1.165) is 11.4 Å². The van der Waals surface area contributed by atoms with Crippen LogP contribution in [0.15, 0.2) is 18.2 Å². The van der Waals surface area contributed by atoms with Crippen molar-refractivity contribution < 1.29 is 9.84 Å². The van der Waals surface area contributed by atoms with Crippen molar-refractivity contribution in [3.05, 3.63) is 23.8 Å². The summed E-state index contributed by atoms with van der Waals surface area (Å²) < 4.78 is 5.34. The van der Waals surface area contributed by atoms with Gasteiger partial charge in [-0.25, -0.2) is 0 Å². The standard InChI is InChI=1S/C13H22N2O2/c1-9(2)10-4-5-12(13(6-10)17-3)15-7-11(14)8-16/h4-6,9,11,15-16H,7-8,14H2,1-3H3. The van der Waals surface area contributed by atoms with E-state index in [1.165, 1.54) is 5.56 Å². The van der Waals surface area contributed by atoms with E-state index in [0.29, 0.717) is 12.5 Å². The number of methoxy groups -OCH3 is 1. The third-order valence-electron chi connectivity index (χ3n) is 2.68. The van der Waals surface area contributed by atoms with Crippen molar-refractivity contribution in [1.82, 2.24) is 0 Å². The van der Waals surface area contributed by atoms with Crippen LogP contribution in [0.4, 0.5) is 5.69 Å². The lowest BCUT2D eigenvalue weighted by Gasteiger charge is -2.16. The number of nitrogens with one attached hydrogen (secondary N) is 1. The maximum absolute atomic E-state index is 8.86. The van der Waals surface area contributed by atoms with Gasteiger partial charge in [-0.05, 0) is 23.6 Å². The molecule has 1 rings (SSSR count). The fraction of sp³-hybridized carbons (Fsp3) is 0.538. The molecule has 17 heavy (non-hydrogen) atoms. The largest absolute Gasteiger partial charge is 0.495 e. The first-order chi connectivity index (χ1) is 8.08. The summed E-state index contributed by atoms with van der Waals surface area (Å²) in [6.07, 6.45) is 0. The second-order valence-electron chi connectivity index (χ2n) is 4.44.